The summed E-state index contributed by atoms with van der Waals surface area (Å²) >= 11 is 1.42. The molecule has 0 radical (unpaired) electrons. The van der Waals surface area contributed by atoms with Gasteiger partial charge in [0, 0.05) is 13.0 Å². The van der Waals surface area contributed by atoms with Crippen molar-refractivity contribution in [1.82, 2.24) is 10.6 Å². The molecule has 1 unspecified atom stereocenters. The minimum absolute atomic E-state index is 0.0528. The van der Waals surface area contributed by atoms with Crippen molar-refractivity contribution < 1.29 is 9.59 Å². The van der Waals surface area contributed by atoms with Crippen molar-refractivity contribution in [2.75, 3.05) is 6.54 Å². The second kappa shape index (κ2) is 7.42. The molecule has 2 N–H and O–H groups in total. The first-order valence-electron chi connectivity index (χ1n) is 7.93. The Balaban J connectivity index is 1.38. The van der Waals surface area contributed by atoms with Gasteiger partial charge in [0.25, 0.3) is 5.91 Å². The van der Waals surface area contributed by atoms with Gasteiger partial charge in [-0.05, 0) is 41.8 Å². The highest BCUT2D eigenvalue weighted by atomic mass is 32.1. The Morgan fingerprint density at radius 2 is 2.04 bits per heavy atom. The molecule has 1 atom stereocenters. The van der Waals surface area contributed by atoms with Crippen LogP contribution >= 0.6 is 11.3 Å². The van der Waals surface area contributed by atoms with Gasteiger partial charge in [0.05, 0.1) is 10.9 Å². The smallest absolute Gasteiger partial charge is 0.261 e. The van der Waals surface area contributed by atoms with Crippen LogP contribution in [0.4, 0.5) is 0 Å². The van der Waals surface area contributed by atoms with Gasteiger partial charge < -0.3 is 10.6 Å². The van der Waals surface area contributed by atoms with Gasteiger partial charge in [0.1, 0.15) is 0 Å². The van der Waals surface area contributed by atoms with Gasteiger partial charge in [0.2, 0.25) is 5.91 Å². The number of benzene rings is 1. The zero-order valence-electron chi connectivity index (χ0n) is 12.9. The standard InChI is InChI=1S/C18H20N2O2S/c21-17(8-3-11-19-18(22)16-7-4-12-23-16)20-15-10-9-13-5-1-2-6-14(13)15/h1-2,4-7,12,15H,3,8-11H2,(H,19,22)(H,20,21). The molecule has 120 valence electrons. The first-order chi connectivity index (χ1) is 11.2. The molecule has 1 aliphatic carbocycles. The van der Waals surface area contributed by atoms with Crippen LogP contribution in [0.5, 0.6) is 0 Å². The lowest BCUT2D eigenvalue weighted by Crippen LogP contribution is -2.29. The predicted octanol–water partition coefficient (Wildman–Crippen LogP) is 3.06. The maximum atomic E-state index is 12.1. The predicted molar refractivity (Wildman–Crippen MR) is 91.5 cm³/mol. The molecule has 1 aliphatic rings. The fraction of sp³-hybridized carbons (Fsp3) is 0.333. The van der Waals surface area contributed by atoms with Gasteiger partial charge in [0.15, 0.2) is 0 Å². The highest BCUT2D eigenvalue weighted by Gasteiger charge is 2.22. The van der Waals surface area contributed by atoms with E-state index in [1.807, 2.05) is 23.6 Å². The van der Waals surface area contributed by atoms with E-state index in [1.54, 1.807) is 6.07 Å². The van der Waals surface area contributed by atoms with Gasteiger partial charge >= 0.3 is 0 Å². The van der Waals surface area contributed by atoms with Crippen LogP contribution in [0, 0.1) is 0 Å². The zero-order valence-corrected chi connectivity index (χ0v) is 13.7. The van der Waals surface area contributed by atoms with Crippen molar-refractivity contribution in [3.8, 4) is 0 Å². The first-order valence-corrected chi connectivity index (χ1v) is 8.81. The third-order valence-corrected chi connectivity index (χ3v) is 4.95. The SMILES string of the molecule is O=C(CCCNC(=O)c1cccs1)NC1CCc2ccccc21. The number of carbonyl (C=O) groups excluding carboxylic acids is 2. The lowest BCUT2D eigenvalue weighted by Gasteiger charge is -2.14. The van der Waals surface area contributed by atoms with Crippen molar-refractivity contribution in [1.29, 1.82) is 0 Å². The number of amides is 2. The molecule has 0 aliphatic heterocycles. The van der Waals surface area contributed by atoms with Crippen molar-refractivity contribution in [3.05, 3.63) is 57.8 Å². The van der Waals surface area contributed by atoms with E-state index in [1.165, 1.54) is 22.5 Å². The zero-order chi connectivity index (χ0) is 16.1. The Kier molecular flexibility index (Phi) is 5.08. The average molecular weight is 328 g/mol. The van der Waals surface area contributed by atoms with Crippen molar-refractivity contribution >= 4 is 23.2 Å². The van der Waals surface area contributed by atoms with Crippen LogP contribution in [0.2, 0.25) is 0 Å². The van der Waals surface area contributed by atoms with Crippen molar-refractivity contribution in [3.63, 3.8) is 0 Å². The maximum Gasteiger partial charge on any atom is 0.261 e. The topological polar surface area (TPSA) is 58.2 Å². The van der Waals surface area contributed by atoms with Crippen LogP contribution in [-0.2, 0) is 11.2 Å². The third kappa shape index (κ3) is 3.99. The molecule has 4 nitrogen and oxygen atoms in total. The maximum absolute atomic E-state index is 12.1. The second-order valence-electron chi connectivity index (χ2n) is 5.69. The van der Waals surface area contributed by atoms with Crippen LogP contribution in [0.1, 0.15) is 46.1 Å². The summed E-state index contributed by atoms with van der Waals surface area (Å²) in [6.45, 7) is 0.519. The molecular formula is C18H20N2O2S. The molecule has 0 saturated heterocycles. The fourth-order valence-corrected chi connectivity index (χ4v) is 3.56. The van der Waals surface area contributed by atoms with E-state index in [-0.39, 0.29) is 17.9 Å². The van der Waals surface area contributed by atoms with Gasteiger partial charge in [-0.2, -0.15) is 0 Å². The molecule has 0 bridgehead atoms. The largest absolute Gasteiger partial charge is 0.351 e. The van der Waals surface area contributed by atoms with Crippen LogP contribution in [-0.4, -0.2) is 18.4 Å². The van der Waals surface area contributed by atoms with E-state index in [4.69, 9.17) is 0 Å². The van der Waals surface area contributed by atoms with E-state index >= 15 is 0 Å². The molecule has 3 rings (SSSR count). The summed E-state index contributed by atoms with van der Waals surface area (Å²) in [5.74, 6) is -0.0118. The van der Waals surface area contributed by atoms with Gasteiger partial charge in [-0.1, -0.05) is 30.3 Å². The van der Waals surface area contributed by atoms with Crippen molar-refractivity contribution in [2.24, 2.45) is 0 Å². The fourth-order valence-electron chi connectivity index (χ4n) is 2.92. The Hall–Kier alpha value is -2.14. The van der Waals surface area contributed by atoms with E-state index in [9.17, 15) is 9.59 Å². The van der Waals surface area contributed by atoms with Gasteiger partial charge in [-0.15, -0.1) is 11.3 Å². The molecule has 2 aromatic rings. The molecule has 5 heteroatoms. The Morgan fingerprint density at radius 1 is 1.17 bits per heavy atom. The molecular weight excluding hydrogens is 308 g/mol. The number of thiophene rings is 1. The Labute approximate surface area is 139 Å². The molecule has 2 amide bonds. The van der Waals surface area contributed by atoms with E-state index in [0.29, 0.717) is 24.3 Å². The monoisotopic (exact) mass is 328 g/mol. The summed E-state index contributed by atoms with van der Waals surface area (Å²) in [7, 11) is 0. The number of aryl methyl sites for hydroxylation is 1. The summed E-state index contributed by atoms with van der Waals surface area (Å²) in [5.41, 5.74) is 2.58. The minimum atomic E-state index is -0.0647. The molecule has 0 fully saturated rings. The lowest BCUT2D eigenvalue weighted by molar-refractivity contribution is -0.121. The molecule has 23 heavy (non-hydrogen) atoms. The van der Waals surface area contributed by atoms with Crippen molar-refractivity contribution in [2.45, 2.75) is 31.7 Å². The summed E-state index contributed by atoms with van der Waals surface area (Å²) in [5, 5.41) is 7.82. The number of hydrogen-bond donors (Lipinski definition) is 2. The van der Waals surface area contributed by atoms with Crippen LogP contribution in [0.3, 0.4) is 0 Å². The number of fused-ring (bicyclic) bond motifs is 1. The number of nitrogens with one attached hydrogen (secondary N) is 2. The average Bonchev–Trinajstić information content (AvgIpc) is 3.22. The number of rotatable bonds is 6. The number of carbonyl (C=O) groups is 2. The summed E-state index contributed by atoms with van der Waals surface area (Å²) < 4.78 is 0. The van der Waals surface area contributed by atoms with E-state index < -0.39 is 0 Å². The van der Waals surface area contributed by atoms with Crippen LogP contribution in [0.25, 0.3) is 0 Å². The van der Waals surface area contributed by atoms with Gasteiger partial charge in [-0.25, -0.2) is 0 Å². The molecule has 0 spiro atoms. The summed E-state index contributed by atoms with van der Waals surface area (Å²) in [6, 6.07) is 12.1. The normalized spacial score (nSPS) is 15.9. The van der Waals surface area contributed by atoms with E-state index in [0.717, 1.165) is 12.8 Å². The van der Waals surface area contributed by atoms with E-state index in [2.05, 4.69) is 22.8 Å². The van der Waals surface area contributed by atoms with Crippen LogP contribution in [0.15, 0.2) is 41.8 Å². The Bertz CT molecular complexity index is 682. The molecule has 1 heterocycles. The minimum Gasteiger partial charge on any atom is -0.351 e. The quantitative estimate of drug-likeness (QED) is 0.801. The molecule has 1 aromatic heterocycles. The molecule has 1 aromatic carbocycles. The Morgan fingerprint density at radius 3 is 2.87 bits per heavy atom. The first kappa shape index (κ1) is 15.7. The highest BCUT2D eigenvalue weighted by Crippen LogP contribution is 2.30. The lowest BCUT2D eigenvalue weighted by atomic mass is 10.1. The molecule has 0 saturated carbocycles. The van der Waals surface area contributed by atoms with Crippen LogP contribution < -0.4 is 10.6 Å². The van der Waals surface area contributed by atoms with Gasteiger partial charge in [-0.3, -0.25) is 9.59 Å². The number of hydrogen-bond acceptors (Lipinski definition) is 3. The third-order valence-electron chi connectivity index (χ3n) is 4.08. The summed E-state index contributed by atoms with van der Waals surface area (Å²) in [4.78, 5) is 24.5. The second-order valence-corrected chi connectivity index (χ2v) is 6.64. The summed E-state index contributed by atoms with van der Waals surface area (Å²) in [6.07, 6.45) is 3.08. The highest BCUT2D eigenvalue weighted by molar-refractivity contribution is 7.12.